The summed E-state index contributed by atoms with van der Waals surface area (Å²) in [6.07, 6.45) is 7.25. The van der Waals surface area contributed by atoms with E-state index >= 15 is 0 Å². The Bertz CT molecular complexity index is 437. The van der Waals surface area contributed by atoms with Gasteiger partial charge in [-0.25, -0.2) is 0 Å². The molecule has 92 valence electrons. The largest absolute Gasteiger partial charge is 0.313 e. The number of hydrogen-bond acceptors (Lipinski definition) is 3. The van der Waals surface area contributed by atoms with E-state index in [2.05, 4.69) is 5.10 Å². The highest BCUT2D eigenvalue weighted by molar-refractivity contribution is 7.85. The molecule has 2 rings (SSSR count). The number of rotatable bonds is 2. The van der Waals surface area contributed by atoms with Gasteiger partial charge in [0, 0.05) is 6.20 Å². The fraction of sp³-hybridized carbons (Fsp3) is 0.667. The molecule has 1 saturated carbocycles. The van der Waals surface area contributed by atoms with Crippen molar-refractivity contribution in [2.24, 2.45) is 0 Å². The Hall–Kier alpha value is -0.590. The predicted molar refractivity (Wildman–Crippen MR) is 61.4 cm³/mol. The summed E-state index contributed by atoms with van der Waals surface area (Å²) in [6.45, 7) is 0. The first kappa shape index (κ1) is 13.5. The molecule has 0 aliphatic heterocycles. The summed E-state index contributed by atoms with van der Waals surface area (Å²) in [5.74, 6) is 0. The highest BCUT2D eigenvalue weighted by Crippen LogP contribution is 2.27. The van der Waals surface area contributed by atoms with Crippen LogP contribution in [0.5, 0.6) is 0 Å². The third-order valence-electron chi connectivity index (χ3n) is 2.80. The van der Waals surface area contributed by atoms with Crippen LogP contribution in [0.4, 0.5) is 0 Å². The zero-order valence-corrected chi connectivity index (χ0v) is 10.4. The van der Waals surface area contributed by atoms with Crippen LogP contribution in [0, 0.1) is 0 Å². The van der Waals surface area contributed by atoms with Crippen LogP contribution in [0.2, 0.25) is 0 Å². The number of nitrogens with zero attached hydrogens (tertiary/aromatic N) is 2. The number of aromatic nitrogens is 2. The van der Waals surface area contributed by atoms with Gasteiger partial charge in [-0.3, -0.25) is 9.23 Å². The molecule has 0 saturated heterocycles. The highest BCUT2D eigenvalue weighted by Gasteiger charge is 2.19. The van der Waals surface area contributed by atoms with E-state index in [0.717, 1.165) is 25.7 Å². The summed E-state index contributed by atoms with van der Waals surface area (Å²) in [5.41, 5.74) is 0. The smallest absolute Gasteiger partial charge is 0.281 e. The van der Waals surface area contributed by atoms with Crippen LogP contribution in [0.1, 0.15) is 38.1 Å². The van der Waals surface area contributed by atoms with Crippen molar-refractivity contribution < 1.29 is 13.0 Å². The van der Waals surface area contributed by atoms with Gasteiger partial charge in [-0.15, -0.1) is 12.4 Å². The molecule has 0 atom stereocenters. The van der Waals surface area contributed by atoms with E-state index in [9.17, 15) is 8.42 Å². The predicted octanol–water partition coefficient (Wildman–Crippen LogP) is 2.06. The SMILES string of the molecule is Cl.O=S(=O)(O)c1ccn(C2CCCCC2)n1. The second kappa shape index (κ2) is 5.16. The van der Waals surface area contributed by atoms with Crippen LogP contribution >= 0.6 is 12.4 Å². The topological polar surface area (TPSA) is 72.2 Å². The van der Waals surface area contributed by atoms with Crippen molar-refractivity contribution in [1.29, 1.82) is 0 Å². The number of halogens is 1. The lowest BCUT2D eigenvalue weighted by molar-refractivity contribution is 0.325. The monoisotopic (exact) mass is 266 g/mol. The fourth-order valence-electron chi connectivity index (χ4n) is 2.01. The first-order valence-corrected chi connectivity index (χ1v) is 6.54. The van der Waals surface area contributed by atoms with Crippen LogP contribution in [0.3, 0.4) is 0 Å². The molecule has 1 aromatic rings. The zero-order valence-electron chi connectivity index (χ0n) is 8.74. The van der Waals surface area contributed by atoms with Crippen molar-refractivity contribution in [3.05, 3.63) is 12.3 Å². The Morgan fingerprint density at radius 2 is 1.94 bits per heavy atom. The first-order valence-electron chi connectivity index (χ1n) is 5.10. The maximum absolute atomic E-state index is 10.8. The standard InChI is InChI=1S/C9H14N2O3S.ClH/c12-15(13,14)9-6-7-11(10-9)8-4-2-1-3-5-8;/h6-8H,1-5H2,(H,12,13,14);1H. The average Bonchev–Trinajstić information content (AvgIpc) is 2.67. The minimum absolute atomic E-state index is 0. The molecule has 1 aliphatic carbocycles. The molecule has 1 N–H and O–H groups in total. The van der Waals surface area contributed by atoms with Crippen molar-refractivity contribution in [2.75, 3.05) is 0 Å². The molecular weight excluding hydrogens is 252 g/mol. The van der Waals surface area contributed by atoms with E-state index < -0.39 is 10.1 Å². The maximum Gasteiger partial charge on any atom is 0.313 e. The lowest BCUT2D eigenvalue weighted by Crippen LogP contribution is -2.14. The molecule has 1 heterocycles. The summed E-state index contributed by atoms with van der Waals surface area (Å²) in [5, 5.41) is 3.63. The van der Waals surface area contributed by atoms with Gasteiger partial charge in [0.2, 0.25) is 5.03 Å². The molecule has 1 aromatic heterocycles. The van der Waals surface area contributed by atoms with E-state index in [1.165, 1.54) is 12.5 Å². The summed E-state index contributed by atoms with van der Waals surface area (Å²) in [6, 6.07) is 1.62. The quantitative estimate of drug-likeness (QED) is 0.832. The molecule has 0 unspecified atom stereocenters. The van der Waals surface area contributed by atoms with Crippen LogP contribution < -0.4 is 0 Å². The molecule has 16 heavy (non-hydrogen) atoms. The summed E-state index contributed by atoms with van der Waals surface area (Å²) >= 11 is 0. The molecule has 7 heteroatoms. The van der Waals surface area contributed by atoms with Crippen molar-refractivity contribution in [1.82, 2.24) is 9.78 Å². The lowest BCUT2D eigenvalue weighted by atomic mass is 9.96. The van der Waals surface area contributed by atoms with E-state index in [1.54, 1.807) is 10.9 Å². The van der Waals surface area contributed by atoms with Gasteiger partial charge in [0.05, 0.1) is 6.04 Å². The third-order valence-corrected chi connectivity index (χ3v) is 3.54. The van der Waals surface area contributed by atoms with Crippen molar-refractivity contribution in [3.63, 3.8) is 0 Å². The van der Waals surface area contributed by atoms with Gasteiger partial charge in [0.15, 0.2) is 0 Å². The Morgan fingerprint density at radius 3 is 2.44 bits per heavy atom. The van der Waals surface area contributed by atoms with Gasteiger partial charge in [-0.2, -0.15) is 13.5 Å². The van der Waals surface area contributed by atoms with E-state index in [0.29, 0.717) is 0 Å². The first-order chi connectivity index (χ1) is 7.07. The average molecular weight is 267 g/mol. The molecule has 1 aliphatic rings. The molecule has 0 bridgehead atoms. The van der Waals surface area contributed by atoms with Crippen molar-refractivity contribution in [2.45, 2.75) is 43.2 Å². The van der Waals surface area contributed by atoms with Crippen LogP contribution in [0.25, 0.3) is 0 Å². The highest BCUT2D eigenvalue weighted by atomic mass is 35.5. The van der Waals surface area contributed by atoms with E-state index in [4.69, 9.17) is 4.55 Å². The molecule has 1 fully saturated rings. The molecule has 0 radical (unpaired) electrons. The molecule has 0 amide bonds. The third kappa shape index (κ3) is 2.96. The van der Waals surface area contributed by atoms with Crippen LogP contribution in [-0.2, 0) is 10.1 Å². The Kier molecular flexibility index (Phi) is 4.35. The Balaban J connectivity index is 0.00000128. The van der Waals surface area contributed by atoms with Gasteiger partial charge < -0.3 is 0 Å². The minimum Gasteiger partial charge on any atom is -0.281 e. The summed E-state index contributed by atoms with van der Waals surface area (Å²) in [4.78, 5) is 0. The van der Waals surface area contributed by atoms with Gasteiger partial charge in [-0.05, 0) is 18.9 Å². The molecule has 5 nitrogen and oxygen atoms in total. The van der Waals surface area contributed by atoms with Gasteiger partial charge >= 0.3 is 10.1 Å². The van der Waals surface area contributed by atoms with Crippen molar-refractivity contribution >= 4 is 22.5 Å². The van der Waals surface area contributed by atoms with Gasteiger partial charge in [0.1, 0.15) is 0 Å². The van der Waals surface area contributed by atoms with Crippen LogP contribution in [0.15, 0.2) is 17.3 Å². The lowest BCUT2D eigenvalue weighted by Gasteiger charge is -2.21. The molecule has 0 spiro atoms. The normalized spacial score (nSPS) is 18.1. The molecule has 0 aromatic carbocycles. The summed E-state index contributed by atoms with van der Waals surface area (Å²) in [7, 11) is -4.15. The van der Waals surface area contributed by atoms with E-state index in [1.807, 2.05) is 0 Å². The van der Waals surface area contributed by atoms with Crippen LogP contribution in [-0.4, -0.2) is 22.8 Å². The fourth-order valence-corrected chi connectivity index (χ4v) is 2.44. The van der Waals surface area contributed by atoms with Gasteiger partial charge in [-0.1, -0.05) is 19.3 Å². The summed E-state index contributed by atoms with van der Waals surface area (Å²) < 4.78 is 32.1. The van der Waals surface area contributed by atoms with E-state index in [-0.39, 0.29) is 23.5 Å². The second-order valence-electron chi connectivity index (χ2n) is 3.90. The van der Waals surface area contributed by atoms with Crippen molar-refractivity contribution in [3.8, 4) is 0 Å². The maximum atomic E-state index is 10.8. The zero-order chi connectivity index (χ0) is 10.9. The Morgan fingerprint density at radius 1 is 1.31 bits per heavy atom. The Labute approximate surface area is 101 Å². The minimum atomic E-state index is -4.15. The molecular formula is C9H15ClN2O3S. The number of hydrogen-bond donors (Lipinski definition) is 1. The second-order valence-corrected chi connectivity index (χ2v) is 5.27. The van der Waals surface area contributed by atoms with Gasteiger partial charge in [0.25, 0.3) is 0 Å².